The molecule has 0 saturated carbocycles. The van der Waals surface area contributed by atoms with E-state index in [4.69, 9.17) is 4.74 Å². The van der Waals surface area contributed by atoms with Gasteiger partial charge in [0.25, 0.3) is 0 Å². The first-order valence-corrected chi connectivity index (χ1v) is 10.7. The minimum absolute atomic E-state index is 0.0945. The Morgan fingerprint density at radius 1 is 1.00 bits per heavy atom. The van der Waals surface area contributed by atoms with Gasteiger partial charge in [-0.15, -0.1) is 6.58 Å². The molecule has 0 aliphatic carbocycles. The van der Waals surface area contributed by atoms with Gasteiger partial charge in [0.05, 0.1) is 5.60 Å². The molecule has 166 valence electrons. The lowest BCUT2D eigenvalue weighted by molar-refractivity contribution is -0.152. The Labute approximate surface area is 187 Å². The molecular weight excluding hydrogens is 411 g/mol. The predicted octanol–water partition coefficient (Wildman–Crippen LogP) is 6.98. The van der Waals surface area contributed by atoms with E-state index in [1.807, 2.05) is 30.3 Å². The molecule has 1 aliphatic heterocycles. The molecule has 0 aromatic heterocycles. The van der Waals surface area contributed by atoms with Crippen molar-refractivity contribution in [1.82, 2.24) is 4.90 Å². The van der Waals surface area contributed by atoms with Gasteiger partial charge in [0.1, 0.15) is 24.2 Å². The molecule has 2 nitrogen and oxygen atoms in total. The quantitative estimate of drug-likeness (QED) is 0.386. The van der Waals surface area contributed by atoms with E-state index in [1.165, 1.54) is 24.3 Å². The molecule has 0 amide bonds. The Morgan fingerprint density at radius 3 is 2.28 bits per heavy atom. The average molecular weight is 438 g/mol. The highest BCUT2D eigenvalue weighted by molar-refractivity contribution is 5.64. The number of rotatable bonds is 6. The van der Waals surface area contributed by atoms with Crippen molar-refractivity contribution in [2.45, 2.75) is 31.4 Å². The van der Waals surface area contributed by atoms with Crippen molar-refractivity contribution in [3.05, 3.63) is 108 Å². The third-order valence-electron chi connectivity index (χ3n) is 6.34. The molecular formula is C27H26F3NO. The summed E-state index contributed by atoms with van der Waals surface area (Å²) < 4.78 is 47.0. The Morgan fingerprint density at radius 2 is 1.69 bits per heavy atom. The van der Waals surface area contributed by atoms with Gasteiger partial charge in [-0.3, -0.25) is 4.90 Å². The van der Waals surface area contributed by atoms with E-state index in [9.17, 15) is 13.2 Å². The summed E-state index contributed by atoms with van der Waals surface area (Å²) in [7, 11) is 0. The van der Waals surface area contributed by atoms with Crippen molar-refractivity contribution >= 4 is 0 Å². The fraction of sp³-hybridized carbons (Fsp3) is 0.259. The maximum atomic E-state index is 14.1. The molecule has 0 unspecified atom stereocenters. The van der Waals surface area contributed by atoms with Crippen LogP contribution >= 0.6 is 0 Å². The lowest BCUT2D eigenvalue weighted by Gasteiger charge is -2.44. The van der Waals surface area contributed by atoms with Crippen molar-refractivity contribution in [2.24, 2.45) is 0 Å². The molecule has 32 heavy (non-hydrogen) atoms. The van der Waals surface area contributed by atoms with Gasteiger partial charge in [-0.25, -0.2) is 13.2 Å². The van der Waals surface area contributed by atoms with E-state index >= 15 is 0 Å². The summed E-state index contributed by atoms with van der Waals surface area (Å²) in [6, 6.07) is 17.8. The first-order chi connectivity index (χ1) is 15.4. The summed E-state index contributed by atoms with van der Waals surface area (Å²) in [5.41, 5.74) is 2.61. The first kappa shape index (κ1) is 22.3. The highest BCUT2D eigenvalue weighted by atomic mass is 19.1. The monoisotopic (exact) mass is 437 g/mol. The zero-order valence-corrected chi connectivity index (χ0v) is 18.0. The van der Waals surface area contributed by atoms with Gasteiger partial charge < -0.3 is 4.74 Å². The van der Waals surface area contributed by atoms with Crippen LogP contribution in [0.3, 0.4) is 0 Å². The molecule has 1 saturated heterocycles. The highest BCUT2D eigenvalue weighted by Gasteiger charge is 2.37. The topological polar surface area (TPSA) is 12.5 Å². The third-order valence-corrected chi connectivity index (χ3v) is 6.34. The van der Waals surface area contributed by atoms with Gasteiger partial charge in [-0.05, 0) is 60.7 Å². The van der Waals surface area contributed by atoms with E-state index in [2.05, 4.69) is 18.4 Å². The van der Waals surface area contributed by atoms with Gasteiger partial charge >= 0.3 is 0 Å². The highest BCUT2D eigenvalue weighted by Crippen LogP contribution is 2.39. The lowest BCUT2D eigenvalue weighted by atomic mass is 9.85. The Balaban J connectivity index is 1.47. The second kappa shape index (κ2) is 9.31. The lowest BCUT2D eigenvalue weighted by Crippen LogP contribution is -2.45. The number of halogens is 3. The number of hydrogen-bond donors (Lipinski definition) is 0. The second-order valence-corrected chi connectivity index (χ2v) is 8.25. The predicted molar refractivity (Wildman–Crippen MR) is 120 cm³/mol. The fourth-order valence-electron chi connectivity index (χ4n) is 4.34. The Bertz CT molecular complexity index is 1070. The van der Waals surface area contributed by atoms with E-state index in [0.717, 1.165) is 30.2 Å². The zero-order chi connectivity index (χ0) is 22.7. The van der Waals surface area contributed by atoms with E-state index < -0.39 is 17.2 Å². The van der Waals surface area contributed by atoms with Gasteiger partial charge in [-0.2, -0.15) is 0 Å². The molecule has 1 heterocycles. The molecule has 2 atom stereocenters. The molecule has 0 bridgehead atoms. The van der Waals surface area contributed by atoms with Crippen molar-refractivity contribution in [3.63, 3.8) is 0 Å². The van der Waals surface area contributed by atoms with Crippen LogP contribution in [-0.2, 0) is 10.3 Å². The summed E-state index contributed by atoms with van der Waals surface area (Å²) in [5.74, 6) is -1.43. The molecule has 5 heteroatoms. The molecule has 1 aliphatic rings. The van der Waals surface area contributed by atoms with Gasteiger partial charge in [-0.1, -0.05) is 42.5 Å². The van der Waals surface area contributed by atoms with Gasteiger partial charge in [0.15, 0.2) is 0 Å². The van der Waals surface area contributed by atoms with Crippen LogP contribution in [0.1, 0.15) is 36.9 Å². The Hall–Kier alpha value is -2.89. The standard InChI is InChI=1S/C27H26F3NO/c1-3-14-27(22-8-10-23(28)11-9-22)15-16-31(18-32-27)19(2)20-4-6-21(7-5-20)25-13-12-24(29)17-26(25)30/h3-13,17,19H,1,14-16,18H2,2H3/t19-,27-/m0/s1. The normalized spacial score (nSPS) is 20.1. The van der Waals surface area contributed by atoms with Crippen LogP contribution in [-0.4, -0.2) is 18.2 Å². The second-order valence-electron chi connectivity index (χ2n) is 8.25. The van der Waals surface area contributed by atoms with Crippen LogP contribution in [0.15, 0.2) is 79.4 Å². The number of hydrogen-bond acceptors (Lipinski definition) is 2. The summed E-state index contributed by atoms with van der Waals surface area (Å²) in [4.78, 5) is 2.23. The fourth-order valence-corrected chi connectivity index (χ4v) is 4.34. The first-order valence-electron chi connectivity index (χ1n) is 10.7. The smallest absolute Gasteiger partial charge is 0.133 e. The number of ether oxygens (including phenoxy) is 1. The summed E-state index contributed by atoms with van der Waals surface area (Å²) in [5, 5.41) is 0. The van der Waals surface area contributed by atoms with Gasteiger partial charge in [0, 0.05) is 24.2 Å². The molecule has 4 rings (SSSR count). The molecule has 3 aromatic rings. The molecule has 1 fully saturated rings. The molecule has 0 radical (unpaired) electrons. The van der Waals surface area contributed by atoms with Crippen molar-refractivity contribution in [3.8, 4) is 11.1 Å². The maximum Gasteiger partial charge on any atom is 0.133 e. The maximum absolute atomic E-state index is 14.1. The molecule has 0 spiro atoms. The third kappa shape index (κ3) is 4.50. The summed E-state index contributed by atoms with van der Waals surface area (Å²) >= 11 is 0. The summed E-state index contributed by atoms with van der Waals surface area (Å²) in [6.45, 7) is 7.22. The van der Waals surface area contributed by atoms with Crippen LogP contribution < -0.4 is 0 Å². The largest absolute Gasteiger partial charge is 0.355 e. The zero-order valence-electron chi connectivity index (χ0n) is 18.0. The van der Waals surface area contributed by atoms with Gasteiger partial charge in [0.2, 0.25) is 0 Å². The van der Waals surface area contributed by atoms with Crippen LogP contribution in [0.25, 0.3) is 11.1 Å². The van der Waals surface area contributed by atoms with E-state index in [-0.39, 0.29) is 11.9 Å². The number of benzene rings is 3. The Kier molecular flexibility index (Phi) is 6.49. The molecule has 3 aromatic carbocycles. The van der Waals surface area contributed by atoms with E-state index in [1.54, 1.807) is 12.1 Å². The van der Waals surface area contributed by atoms with Crippen LogP contribution in [0, 0.1) is 17.5 Å². The SMILES string of the molecule is C=CC[C@@]1(c2ccc(F)cc2)CCN([C@@H](C)c2ccc(-c3ccc(F)cc3F)cc2)CO1. The summed E-state index contributed by atoms with van der Waals surface area (Å²) in [6.07, 6.45) is 3.25. The minimum Gasteiger partial charge on any atom is -0.355 e. The van der Waals surface area contributed by atoms with Crippen molar-refractivity contribution in [2.75, 3.05) is 13.3 Å². The van der Waals surface area contributed by atoms with Crippen molar-refractivity contribution in [1.29, 1.82) is 0 Å². The molecule has 0 N–H and O–H groups in total. The average Bonchev–Trinajstić information content (AvgIpc) is 2.80. The van der Waals surface area contributed by atoms with Crippen LogP contribution in [0.5, 0.6) is 0 Å². The minimum atomic E-state index is -0.588. The van der Waals surface area contributed by atoms with Crippen LogP contribution in [0.2, 0.25) is 0 Å². The van der Waals surface area contributed by atoms with Crippen LogP contribution in [0.4, 0.5) is 13.2 Å². The number of nitrogens with zero attached hydrogens (tertiary/aromatic N) is 1. The van der Waals surface area contributed by atoms with Crippen molar-refractivity contribution < 1.29 is 17.9 Å². The van der Waals surface area contributed by atoms with E-state index in [0.29, 0.717) is 24.3 Å².